The summed E-state index contributed by atoms with van der Waals surface area (Å²) in [4.78, 5) is 18.5. The molecule has 37 heavy (non-hydrogen) atoms. The highest BCUT2D eigenvalue weighted by Crippen LogP contribution is 2.43. The summed E-state index contributed by atoms with van der Waals surface area (Å²) in [6, 6.07) is 20.7. The van der Waals surface area contributed by atoms with E-state index in [0.29, 0.717) is 27.2 Å². The minimum Gasteiger partial charge on any atom is -0.375 e. The number of methoxy groups -OCH3 is 1. The van der Waals surface area contributed by atoms with E-state index in [1.165, 1.54) is 13.2 Å². The van der Waals surface area contributed by atoms with Crippen LogP contribution in [0.15, 0.2) is 85.2 Å². The van der Waals surface area contributed by atoms with Crippen LogP contribution in [0.1, 0.15) is 23.5 Å². The maximum atomic E-state index is 14.8. The lowest BCUT2D eigenvalue weighted by molar-refractivity contribution is -0.119. The highest BCUT2D eigenvalue weighted by atomic mass is 35.5. The van der Waals surface area contributed by atoms with Crippen molar-refractivity contribution >= 4 is 46.2 Å². The summed E-state index contributed by atoms with van der Waals surface area (Å²) >= 11 is 12.4. The molecule has 0 bridgehead atoms. The average molecular weight is 536 g/mol. The van der Waals surface area contributed by atoms with Gasteiger partial charge in [0.25, 0.3) is 0 Å². The third-order valence-electron chi connectivity index (χ3n) is 6.07. The van der Waals surface area contributed by atoms with Crippen molar-refractivity contribution in [3.05, 3.63) is 107 Å². The Kier molecular flexibility index (Phi) is 7.18. The fourth-order valence-electron chi connectivity index (χ4n) is 4.51. The maximum Gasteiger partial charge on any atom is 0.250 e. The van der Waals surface area contributed by atoms with E-state index in [1.807, 2.05) is 52.1 Å². The van der Waals surface area contributed by atoms with E-state index in [-0.39, 0.29) is 30.4 Å². The number of hydrogen-bond acceptors (Lipinski definition) is 4. The van der Waals surface area contributed by atoms with Crippen LogP contribution in [-0.2, 0) is 9.53 Å². The minimum atomic E-state index is -0.387. The summed E-state index contributed by atoms with van der Waals surface area (Å²) in [6.45, 7) is -0.0843. The van der Waals surface area contributed by atoms with Crippen molar-refractivity contribution in [2.45, 2.75) is 12.1 Å². The van der Waals surface area contributed by atoms with Crippen LogP contribution in [0, 0.1) is 5.82 Å². The van der Waals surface area contributed by atoms with Gasteiger partial charge in [-0.2, -0.15) is 0 Å². The van der Waals surface area contributed by atoms with Crippen molar-refractivity contribution in [3.63, 3.8) is 0 Å². The zero-order valence-electron chi connectivity index (χ0n) is 19.8. The van der Waals surface area contributed by atoms with Gasteiger partial charge in [-0.15, -0.1) is 0 Å². The summed E-state index contributed by atoms with van der Waals surface area (Å²) in [5, 5.41) is 6.93. The molecule has 0 saturated carbocycles. The molecular weight excluding hydrogens is 513 g/mol. The second-order valence-corrected chi connectivity index (χ2v) is 9.19. The highest BCUT2D eigenvalue weighted by molar-refractivity contribution is 7.80. The number of aromatic nitrogens is 2. The molecule has 7 nitrogen and oxygen atoms in total. The molecule has 1 aliphatic rings. The molecule has 1 aliphatic heterocycles. The number of carbonyl (C=O) groups excluding carboxylic acids is 1. The molecule has 1 fully saturated rings. The zero-order valence-corrected chi connectivity index (χ0v) is 21.3. The molecule has 5 rings (SSSR count). The zero-order chi connectivity index (χ0) is 25.9. The van der Waals surface area contributed by atoms with Crippen LogP contribution in [0.2, 0.25) is 5.02 Å². The maximum absolute atomic E-state index is 14.8. The summed E-state index contributed by atoms with van der Waals surface area (Å²) < 4.78 is 21.5. The third kappa shape index (κ3) is 4.93. The molecule has 3 heterocycles. The predicted octanol–water partition coefficient (Wildman–Crippen LogP) is 5.43. The number of nitrogens with one attached hydrogen (secondary N) is 2. The molecule has 2 aromatic heterocycles. The molecule has 0 unspecified atom stereocenters. The number of halogens is 2. The van der Waals surface area contributed by atoms with E-state index >= 15 is 0 Å². The molecule has 1 amide bonds. The topological polar surface area (TPSA) is 71.4 Å². The second-order valence-electron chi connectivity index (χ2n) is 8.40. The summed E-state index contributed by atoms with van der Waals surface area (Å²) in [5.74, 6) is -0.653. The van der Waals surface area contributed by atoms with E-state index < -0.39 is 0 Å². The number of carbonyl (C=O) groups is 1. The lowest BCUT2D eigenvalue weighted by Crippen LogP contribution is -2.30. The number of thiocarbonyl (C=S) groups is 1. The average Bonchev–Trinajstić information content (AvgIpc) is 3.50. The number of nitrogens with zero attached hydrogens (tertiary/aromatic N) is 3. The van der Waals surface area contributed by atoms with Gasteiger partial charge in [-0.05, 0) is 66.8 Å². The number of ether oxygens (including phenoxy) is 1. The predicted molar refractivity (Wildman–Crippen MR) is 146 cm³/mol. The van der Waals surface area contributed by atoms with Crippen LogP contribution in [-0.4, -0.2) is 34.3 Å². The van der Waals surface area contributed by atoms with Crippen LogP contribution in [0.25, 0.3) is 5.69 Å². The molecule has 188 valence electrons. The van der Waals surface area contributed by atoms with Crippen LogP contribution in [0.4, 0.5) is 15.8 Å². The Labute approximate surface area is 223 Å². The van der Waals surface area contributed by atoms with Crippen LogP contribution < -0.4 is 15.5 Å². The van der Waals surface area contributed by atoms with E-state index in [0.717, 1.165) is 11.4 Å². The Balaban J connectivity index is 1.60. The highest BCUT2D eigenvalue weighted by Gasteiger charge is 2.42. The second kappa shape index (κ2) is 10.7. The van der Waals surface area contributed by atoms with Gasteiger partial charge >= 0.3 is 0 Å². The SMILES string of the molecule is COCC(=O)Nc1ccc(N2C(=S)N[C@@H](c3ccccn3)[C@H]2c2cccn2-c2ccccc2F)cc1Cl. The molecule has 2 N–H and O–H groups in total. The monoisotopic (exact) mass is 535 g/mol. The standard InChI is InChI=1S/C27H23ClFN5O2S/c1-36-16-24(35)31-20-12-11-17(15-18(20)28)34-26(25(32-27(34)37)21-8-4-5-13-30-21)23-10-6-14-33(23)22-9-3-2-7-19(22)29/h2-15,25-26H,16H2,1H3,(H,31,35)(H,32,37)/t25-,26+/m0/s1. The van der Waals surface area contributed by atoms with E-state index in [4.69, 9.17) is 28.6 Å². The first-order valence-electron chi connectivity index (χ1n) is 11.5. The van der Waals surface area contributed by atoms with Crippen LogP contribution in [0.3, 0.4) is 0 Å². The first-order valence-corrected chi connectivity index (χ1v) is 12.3. The number of rotatable bonds is 7. The molecule has 0 radical (unpaired) electrons. The van der Waals surface area contributed by atoms with Gasteiger partial charge in [-0.1, -0.05) is 29.8 Å². The largest absolute Gasteiger partial charge is 0.375 e. The Hall–Kier alpha value is -3.79. The molecule has 10 heteroatoms. The number of para-hydroxylation sites is 1. The quantitative estimate of drug-likeness (QED) is 0.308. The lowest BCUT2D eigenvalue weighted by atomic mass is 10.0. The number of benzene rings is 2. The number of hydrogen-bond donors (Lipinski definition) is 2. The molecule has 2 aromatic carbocycles. The Morgan fingerprint density at radius 2 is 1.97 bits per heavy atom. The molecule has 2 atom stereocenters. The van der Waals surface area contributed by atoms with Crippen molar-refractivity contribution in [1.29, 1.82) is 0 Å². The number of amides is 1. The van der Waals surface area contributed by atoms with E-state index in [1.54, 1.807) is 36.5 Å². The van der Waals surface area contributed by atoms with Gasteiger partial charge in [-0.3, -0.25) is 9.78 Å². The molecule has 1 saturated heterocycles. The van der Waals surface area contributed by atoms with Gasteiger partial charge in [0.2, 0.25) is 5.91 Å². The smallest absolute Gasteiger partial charge is 0.250 e. The van der Waals surface area contributed by atoms with Crippen molar-refractivity contribution in [3.8, 4) is 5.69 Å². The van der Waals surface area contributed by atoms with Crippen LogP contribution in [0.5, 0.6) is 0 Å². The van der Waals surface area contributed by atoms with Gasteiger partial charge in [-0.25, -0.2) is 4.39 Å². The van der Waals surface area contributed by atoms with Crippen molar-refractivity contribution in [1.82, 2.24) is 14.9 Å². The van der Waals surface area contributed by atoms with E-state index in [9.17, 15) is 9.18 Å². The van der Waals surface area contributed by atoms with Crippen molar-refractivity contribution in [2.24, 2.45) is 0 Å². The fourth-order valence-corrected chi connectivity index (χ4v) is 5.08. The Bertz CT molecular complexity index is 1450. The number of pyridine rings is 1. The molecule has 4 aromatic rings. The van der Waals surface area contributed by atoms with E-state index in [2.05, 4.69) is 15.6 Å². The first-order chi connectivity index (χ1) is 18.0. The Morgan fingerprint density at radius 1 is 1.16 bits per heavy atom. The van der Waals surface area contributed by atoms with Crippen molar-refractivity contribution < 1.29 is 13.9 Å². The van der Waals surface area contributed by atoms with Crippen LogP contribution >= 0.6 is 23.8 Å². The summed E-state index contributed by atoms with van der Waals surface area (Å²) in [5.41, 5.74) is 3.18. The fraction of sp³-hybridized carbons (Fsp3) is 0.148. The van der Waals surface area contributed by atoms with Gasteiger partial charge in [0.15, 0.2) is 5.11 Å². The van der Waals surface area contributed by atoms with Crippen molar-refractivity contribution in [2.75, 3.05) is 23.9 Å². The lowest BCUT2D eigenvalue weighted by Gasteiger charge is -2.29. The first kappa shape index (κ1) is 24.9. The van der Waals surface area contributed by atoms with Gasteiger partial charge < -0.3 is 24.8 Å². The van der Waals surface area contributed by atoms with Gasteiger partial charge in [0, 0.05) is 30.9 Å². The van der Waals surface area contributed by atoms with Gasteiger partial charge in [0.1, 0.15) is 18.5 Å². The third-order valence-corrected chi connectivity index (χ3v) is 6.70. The molecular formula is C27H23ClFN5O2S. The number of anilines is 2. The normalized spacial score (nSPS) is 17.1. The molecule has 0 spiro atoms. The van der Waals surface area contributed by atoms with Gasteiger partial charge in [0.05, 0.1) is 28.1 Å². The Morgan fingerprint density at radius 3 is 2.70 bits per heavy atom. The summed E-state index contributed by atoms with van der Waals surface area (Å²) in [7, 11) is 1.45. The molecule has 0 aliphatic carbocycles. The minimum absolute atomic E-state index is 0.0843. The summed E-state index contributed by atoms with van der Waals surface area (Å²) in [6.07, 6.45) is 3.55.